The van der Waals surface area contributed by atoms with Gasteiger partial charge in [0, 0.05) is 6.54 Å². The number of carbonyl (C=O) groups is 2. The van der Waals surface area contributed by atoms with Crippen LogP contribution in [0.3, 0.4) is 0 Å². The zero-order valence-electron chi connectivity index (χ0n) is 11.5. The van der Waals surface area contributed by atoms with Crippen LogP contribution in [0.2, 0.25) is 0 Å². The first kappa shape index (κ1) is 14.5. The fraction of sp³-hybridized carbons (Fsp3) is 0.467. The highest BCUT2D eigenvalue weighted by atomic mass is 16.5. The highest BCUT2D eigenvalue weighted by Gasteiger charge is 2.34. The van der Waals surface area contributed by atoms with Crippen molar-refractivity contribution in [2.24, 2.45) is 0 Å². The number of aliphatic carboxylic acids is 1. The molecule has 1 aromatic rings. The largest absolute Gasteiger partial charge is 0.479 e. The quantitative estimate of drug-likeness (QED) is 0.850. The van der Waals surface area contributed by atoms with Crippen LogP contribution in [0.4, 0.5) is 0 Å². The third-order valence-electron chi connectivity index (χ3n) is 3.38. The lowest BCUT2D eigenvalue weighted by molar-refractivity contribution is -0.151. The van der Waals surface area contributed by atoms with Gasteiger partial charge in [-0.05, 0) is 31.7 Å². The third-order valence-corrected chi connectivity index (χ3v) is 3.38. The molecule has 0 aromatic heterocycles. The van der Waals surface area contributed by atoms with E-state index >= 15 is 0 Å². The molecule has 1 aliphatic rings. The maximum Gasteiger partial charge on any atom is 0.332 e. The molecule has 20 heavy (non-hydrogen) atoms. The first-order valence-corrected chi connectivity index (χ1v) is 6.78. The summed E-state index contributed by atoms with van der Waals surface area (Å²) in [6.07, 6.45) is 0.136. The molecule has 0 unspecified atom stereocenters. The van der Waals surface area contributed by atoms with Gasteiger partial charge in [-0.2, -0.15) is 0 Å². The van der Waals surface area contributed by atoms with E-state index in [9.17, 15) is 9.59 Å². The average molecular weight is 277 g/mol. The zero-order valence-corrected chi connectivity index (χ0v) is 11.5. The molecule has 0 saturated carbocycles. The van der Waals surface area contributed by atoms with Gasteiger partial charge in [0.15, 0.2) is 6.10 Å². The molecule has 0 aliphatic carbocycles. The van der Waals surface area contributed by atoms with Crippen LogP contribution in [0.1, 0.15) is 24.0 Å². The fourth-order valence-corrected chi connectivity index (χ4v) is 2.32. The molecule has 1 aliphatic heterocycles. The van der Waals surface area contributed by atoms with Gasteiger partial charge in [-0.3, -0.25) is 4.79 Å². The van der Waals surface area contributed by atoms with Crippen LogP contribution < -0.4 is 5.32 Å². The van der Waals surface area contributed by atoms with Gasteiger partial charge < -0.3 is 15.2 Å². The Morgan fingerprint density at radius 2 is 2.10 bits per heavy atom. The van der Waals surface area contributed by atoms with Crippen LogP contribution in [0.25, 0.3) is 0 Å². The zero-order chi connectivity index (χ0) is 14.5. The number of nitrogens with one attached hydrogen (secondary N) is 1. The van der Waals surface area contributed by atoms with Gasteiger partial charge in [0.05, 0.1) is 0 Å². The first-order valence-electron chi connectivity index (χ1n) is 6.78. The molecule has 2 atom stereocenters. The summed E-state index contributed by atoms with van der Waals surface area (Å²) in [6.45, 7) is 2.56. The van der Waals surface area contributed by atoms with Gasteiger partial charge in [0.1, 0.15) is 6.10 Å². The minimum atomic E-state index is -1.000. The van der Waals surface area contributed by atoms with Crippen LogP contribution in [-0.4, -0.2) is 35.7 Å². The van der Waals surface area contributed by atoms with E-state index in [1.54, 1.807) is 0 Å². The Bertz CT molecular complexity index is 500. The van der Waals surface area contributed by atoms with Crippen LogP contribution in [0.15, 0.2) is 24.3 Å². The van der Waals surface area contributed by atoms with Crippen molar-refractivity contribution in [2.75, 3.05) is 6.54 Å². The summed E-state index contributed by atoms with van der Waals surface area (Å²) in [4.78, 5) is 22.6. The number of hydrogen-bond donors (Lipinski definition) is 2. The summed E-state index contributed by atoms with van der Waals surface area (Å²) in [6, 6.07) is 8.12. The lowest BCUT2D eigenvalue weighted by Crippen LogP contribution is -2.36. The number of amides is 1. The minimum Gasteiger partial charge on any atom is -0.479 e. The van der Waals surface area contributed by atoms with E-state index in [0.29, 0.717) is 19.4 Å². The summed E-state index contributed by atoms with van der Waals surface area (Å²) in [5.74, 6) is -1.22. The number of carboxylic acid groups (broad SMARTS) is 1. The molecular weight excluding hydrogens is 258 g/mol. The molecule has 5 nitrogen and oxygen atoms in total. The number of aryl methyl sites for hydroxylation is 1. The molecule has 0 radical (unpaired) electrons. The molecule has 5 heteroatoms. The smallest absolute Gasteiger partial charge is 0.332 e. The summed E-state index contributed by atoms with van der Waals surface area (Å²) in [5, 5.41) is 11.6. The average Bonchev–Trinajstić information content (AvgIpc) is 2.88. The predicted molar refractivity (Wildman–Crippen MR) is 73.4 cm³/mol. The highest BCUT2D eigenvalue weighted by molar-refractivity contribution is 5.82. The molecule has 1 amide bonds. The highest BCUT2D eigenvalue weighted by Crippen LogP contribution is 2.19. The summed E-state index contributed by atoms with van der Waals surface area (Å²) < 4.78 is 5.19. The monoisotopic (exact) mass is 277 g/mol. The molecule has 1 fully saturated rings. The Morgan fingerprint density at radius 3 is 2.75 bits per heavy atom. The molecule has 2 rings (SSSR count). The van der Waals surface area contributed by atoms with E-state index in [1.807, 2.05) is 25.1 Å². The second-order valence-electron chi connectivity index (χ2n) is 5.06. The van der Waals surface area contributed by atoms with Gasteiger partial charge in [-0.25, -0.2) is 4.79 Å². The number of carboxylic acids is 1. The van der Waals surface area contributed by atoms with Gasteiger partial charge in [-0.15, -0.1) is 0 Å². The molecule has 2 N–H and O–H groups in total. The van der Waals surface area contributed by atoms with Crippen molar-refractivity contribution in [1.82, 2.24) is 5.32 Å². The molecule has 1 aromatic carbocycles. The van der Waals surface area contributed by atoms with Crippen LogP contribution in [0, 0.1) is 6.92 Å². The number of benzene rings is 1. The summed E-state index contributed by atoms with van der Waals surface area (Å²) in [7, 11) is 0. The van der Waals surface area contributed by atoms with Crippen molar-refractivity contribution in [3.8, 4) is 0 Å². The van der Waals surface area contributed by atoms with Gasteiger partial charge in [0.25, 0.3) is 0 Å². The van der Waals surface area contributed by atoms with Gasteiger partial charge >= 0.3 is 5.97 Å². The molecule has 1 heterocycles. The van der Waals surface area contributed by atoms with Crippen molar-refractivity contribution in [3.05, 3.63) is 35.4 Å². The normalized spacial score (nSPS) is 21.6. The molecule has 0 bridgehead atoms. The number of ether oxygens (including phenoxy) is 1. The number of carbonyl (C=O) groups excluding carboxylic acids is 1. The lowest BCUT2D eigenvalue weighted by Gasteiger charge is -2.11. The number of hydrogen-bond acceptors (Lipinski definition) is 3. The maximum absolute atomic E-state index is 11.8. The topological polar surface area (TPSA) is 75.6 Å². The maximum atomic E-state index is 11.8. The van der Waals surface area contributed by atoms with Crippen LogP contribution in [-0.2, 0) is 20.7 Å². The van der Waals surface area contributed by atoms with Crippen molar-refractivity contribution >= 4 is 11.9 Å². The third kappa shape index (κ3) is 3.81. The Labute approximate surface area is 117 Å². The van der Waals surface area contributed by atoms with Crippen molar-refractivity contribution in [2.45, 2.75) is 38.4 Å². The Balaban J connectivity index is 1.75. The van der Waals surface area contributed by atoms with E-state index in [-0.39, 0.29) is 5.91 Å². The van der Waals surface area contributed by atoms with Crippen molar-refractivity contribution in [1.29, 1.82) is 0 Å². The molecule has 0 spiro atoms. The second-order valence-corrected chi connectivity index (χ2v) is 5.06. The van der Waals surface area contributed by atoms with E-state index in [2.05, 4.69) is 11.4 Å². The predicted octanol–water partition coefficient (Wildman–Crippen LogP) is 1.29. The minimum absolute atomic E-state index is 0.221. The van der Waals surface area contributed by atoms with E-state index in [1.165, 1.54) is 11.1 Å². The Morgan fingerprint density at radius 1 is 1.35 bits per heavy atom. The fourth-order valence-electron chi connectivity index (χ4n) is 2.32. The second kappa shape index (κ2) is 6.52. The van der Waals surface area contributed by atoms with E-state index < -0.39 is 18.2 Å². The SMILES string of the molecule is Cc1cccc(CCNC(=O)[C@@H]2CC[C@H](C(=O)O)O2)c1. The first-order chi connectivity index (χ1) is 9.56. The summed E-state index contributed by atoms with van der Waals surface area (Å²) in [5.41, 5.74) is 2.36. The molecular formula is C15H19NO4. The van der Waals surface area contributed by atoms with Crippen LogP contribution >= 0.6 is 0 Å². The Hall–Kier alpha value is -1.88. The molecule has 108 valence electrons. The van der Waals surface area contributed by atoms with Crippen LogP contribution in [0.5, 0.6) is 0 Å². The van der Waals surface area contributed by atoms with Gasteiger partial charge in [0.2, 0.25) is 5.91 Å². The van der Waals surface area contributed by atoms with Crippen molar-refractivity contribution in [3.63, 3.8) is 0 Å². The van der Waals surface area contributed by atoms with Gasteiger partial charge in [-0.1, -0.05) is 29.8 Å². The molecule has 1 saturated heterocycles. The van der Waals surface area contributed by atoms with Crippen molar-refractivity contribution < 1.29 is 19.4 Å². The van der Waals surface area contributed by atoms with E-state index in [0.717, 1.165) is 6.42 Å². The number of rotatable bonds is 5. The lowest BCUT2D eigenvalue weighted by atomic mass is 10.1. The summed E-state index contributed by atoms with van der Waals surface area (Å²) >= 11 is 0. The standard InChI is InChI=1S/C15H19NO4/c1-10-3-2-4-11(9-10)7-8-16-14(17)12-5-6-13(20-12)15(18)19/h2-4,9,12-13H,5-8H2,1H3,(H,16,17)(H,18,19)/t12-,13+/m0/s1. The Kier molecular flexibility index (Phi) is 4.74. The van der Waals surface area contributed by atoms with E-state index in [4.69, 9.17) is 9.84 Å².